The quantitative estimate of drug-likeness (QED) is 0.834. The standard InChI is InChI=1S/C13H9Cl2NO.K.H/c14-10-7-4-8-11(15)12(10)13(17)16-9-5-2-1-3-6-9;;/h1-8H,(H,16,17);;/q;+1;-1. The number of amides is 1. The summed E-state index contributed by atoms with van der Waals surface area (Å²) < 4.78 is 0. The van der Waals surface area contributed by atoms with Gasteiger partial charge in [0.1, 0.15) is 0 Å². The van der Waals surface area contributed by atoms with Crippen LogP contribution >= 0.6 is 23.2 Å². The van der Waals surface area contributed by atoms with Crippen molar-refractivity contribution >= 4 is 34.8 Å². The summed E-state index contributed by atoms with van der Waals surface area (Å²) in [5.41, 5.74) is 0.994. The maximum Gasteiger partial charge on any atom is 1.00 e. The zero-order valence-electron chi connectivity index (χ0n) is 10.8. The molecule has 0 heterocycles. The van der Waals surface area contributed by atoms with Gasteiger partial charge in [-0.1, -0.05) is 47.5 Å². The van der Waals surface area contributed by atoms with E-state index in [1.807, 2.05) is 18.2 Å². The van der Waals surface area contributed by atoms with Crippen molar-refractivity contribution in [2.45, 2.75) is 0 Å². The van der Waals surface area contributed by atoms with Crippen molar-refractivity contribution in [2.24, 2.45) is 0 Å². The van der Waals surface area contributed by atoms with Gasteiger partial charge < -0.3 is 6.74 Å². The summed E-state index contributed by atoms with van der Waals surface area (Å²) in [4.78, 5) is 12.0. The van der Waals surface area contributed by atoms with E-state index in [1.165, 1.54) is 0 Å². The molecule has 0 radical (unpaired) electrons. The van der Waals surface area contributed by atoms with E-state index in [2.05, 4.69) is 5.32 Å². The Morgan fingerprint density at radius 3 is 2.06 bits per heavy atom. The number of hydrogen-bond donors (Lipinski definition) is 1. The van der Waals surface area contributed by atoms with Gasteiger partial charge in [-0.15, -0.1) is 0 Å². The average molecular weight is 306 g/mol. The first-order valence-corrected chi connectivity index (χ1v) is 5.74. The molecule has 2 rings (SSSR count). The summed E-state index contributed by atoms with van der Waals surface area (Å²) in [6.45, 7) is 0. The van der Waals surface area contributed by atoms with E-state index >= 15 is 0 Å². The van der Waals surface area contributed by atoms with Crippen molar-refractivity contribution < 1.29 is 57.6 Å². The van der Waals surface area contributed by atoms with Crippen LogP contribution in [0.25, 0.3) is 0 Å². The molecule has 0 saturated heterocycles. The minimum Gasteiger partial charge on any atom is -1.00 e. The van der Waals surface area contributed by atoms with Crippen LogP contribution in [0.4, 0.5) is 5.69 Å². The predicted octanol–water partition coefficient (Wildman–Crippen LogP) is 1.36. The number of rotatable bonds is 2. The second kappa shape index (κ2) is 7.65. The molecule has 0 bridgehead atoms. The van der Waals surface area contributed by atoms with Crippen molar-refractivity contribution in [2.75, 3.05) is 5.32 Å². The molecule has 0 aromatic heterocycles. The Hall–Kier alpha value is 0.126. The molecule has 1 amide bonds. The Bertz CT molecular complexity index is 531. The summed E-state index contributed by atoms with van der Waals surface area (Å²) in [6, 6.07) is 14.1. The Morgan fingerprint density at radius 1 is 0.944 bits per heavy atom. The molecule has 0 aliphatic carbocycles. The molecule has 1 N–H and O–H groups in total. The van der Waals surface area contributed by atoms with E-state index in [4.69, 9.17) is 23.2 Å². The van der Waals surface area contributed by atoms with Gasteiger partial charge in [-0.2, -0.15) is 0 Å². The maximum atomic E-state index is 12.0. The minimum absolute atomic E-state index is 0. The molecule has 2 nitrogen and oxygen atoms in total. The molecular weight excluding hydrogens is 296 g/mol. The molecule has 2 aromatic rings. The van der Waals surface area contributed by atoms with Crippen LogP contribution in [0.1, 0.15) is 11.8 Å². The number of nitrogens with one attached hydrogen (secondary N) is 1. The van der Waals surface area contributed by atoms with Crippen molar-refractivity contribution in [1.29, 1.82) is 0 Å². The largest absolute Gasteiger partial charge is 1.00 e. The van der Waals surface area contributed by atoms with E-state index < -0.39 is 0 Å². The van der Waals surface area contributed by atoms with Crippen LogP contribution in [-0.2, 0) is 0 Å². The van der Waals surface area contributed by atoms with Crippen molar-refractivity contribution in [3.05, 3.63) is 64.1 Å². The first kappa shape index (κ1) is 16.2. The molecule has 0 saturated carbocycles. The van der Waals surface area contributed by atoms with Crippen LogP contribution in [0.2, 0.25) is 10.0 Å². The van der Waals surface area contributed by atoms with E-state index in [0.29, 0.717) is 21.3 Å². The van der Waals surface area contributed by atoms with E-state index in [0.717, 1.165) is 0 Å². The van der Waals surface area contributed by atoms with Gasteiger partial charge in [-0.05, 0) is 24.3 Å². The number of carbonyl (C=O) groups excluding carboxylic acids is 1. The zero-order chi connectivity index (χ0) is 12.3. The number of carbonyl (C=O) groups is 1. The van der Waals surface area contributed by atoms with Crippen LogP contribution in [0.3, 0.4) is 0 Å². The van der Waals surface area contributed by atoms with Crippen LogP contribution in [0.15, 0.2) is 48.5 Å². The smallest absolute Gasteiger partial charge is 1.00 e. The Kier molecular flexibility index (Phi) is 6.88. The van der Waals surface area contributed by atoms with Gasteiger partial charge in [0.2, 0.25) is 0 Å². The number of anilines is 1. The molecule has 5 heteroatoms. The van der Waals surface area contributed by atoms with Gasteiger partial charge in [0.05, 0.1) is 15.6 Å². The molecule has 0 fully saturated rings. The number of hydrogen-bond acceptors (Lipinski definition) is 1. The molecular formula is C13H10Cl2KNO. The van der Waals surface area contributed by atoms with E-state index in [1.54, 1.807) is 30.3 Å². The molecule has 0 atom stereocenters. The molecule has 2 aromatic carbocycles. The Labute approximate surface area is 160 Å². The second-order valence-electron chi connectivity index (χ2n) is 3.42. The molecule has 0 aliphatic heterocycles. The number of benzene rings is 2. The van der Waals surface area contributed by atoms with Gasteiger partial charge in [-0.25, -0.2) is 0 Å². The third-order valence-corrected chi connectivity index (χ3v) is 2.85. The fourth-order valence-electron chi connectivity index (χ4n) is 1.43. The Balaban J connectivity index is 0.00000162. The minimum atomic E-state index is -0.313. The summed E-state index contributed by atoms with van der Waals surface area (Å²) >= 11 is 11.9. The molecule has 0 unspecified atom stereocenters. The first-order valence-electron chi connectivity index (χ1n) is 4.99. The van der Waals surface area contributed by atoms with Gasteiger partial charge in [0, 0.05) is 5.69 Å². The summed E-state index contributed by atoms with van der Waals surface area (Å²) in [6.07, 6.45) is 0. The normalized spacial score (nSPS) is 9.44. The third kappa shape index (κ3) is 4.07. The number of halogens is 2. The van der Waals surface area contributed by atoms with E-state index in [9.17, 15) is 4.79 Å². The maximum absolute atomic E-state index is 12.0. The first-order chi connectivity index (χ1) is 8.18. The van der Waals surface area contributed by atoms with Gasteiger partial charge in [0.15, 0.2) is 0 Å². The molecule has 88 valence electrons. The SMILES string of the molecule is O=C(Nc1ccccc1)c1c(Cl)cccc1Cl.[H-].[K+]. The van der Waals surface area contributed by atoms with Crippen LogP contribution in [-0.4, -0.2) is 5.91 Å². The summed E-state index contributed by atoms with van der Waals surface area (Å²) in [7, 11) is 0. The fraction of sp³-hybridized carbons (Fsp3) is 0. The van der Waals surface area contributed by atoms with Crippen molar-refractivity contribution in [3.63, 3.8) is 0 Å². The zero-order valence-corrected chi connectivity index (χ0v) is 14.4. The Morgan fingerprint density at radius 2 is 1.50 bits per heavy atom. The van der Waals surface area contributed by atoms with Crippen LogP contribution in [0.5, 0.6) is 0 Å². The van der Waals surface area contributed by atoms with Crippen molar-refractivity contribution in [3.8, 4) is 0 Å². The second-order valence-corrected chi connectivity index (χ2v) is 4.23. The number of para-hydroxylation sites is 1. The summed E-state index contributed by atoms with van der Waals surface area (Å²) in [5.74, 6) is -0.313. The molecule has 18 heavy (non-hydrogen) atoms. The van der Waals surface area contributed by atoms with Gasteiger partial charge >= 0.3 is 51.4 Å². The van der Waals surface area contributed by atoms with Gasteiger partial charge in [-0.3, -0.25) is 4.79 Å². The van der Waals surface area contributed by atoms with Gasteiger partial charge in [0.25, 0.3) is 5.91 Å². The third-order valence-electron chi connectivity index (χ3n) is 2.22. The van der Waals surface area contributed by atoms with E-state index in [-0.39, 0.29) is 58.7 Å². The predicted molar refractivity (Wildman–Crippen MR) is 72.0 cm³/mol. The molecule has 0 aliphatic rings. The monoisotopic (exact) mass is 305 g/mol. The van der Waals surface area contributed by atoms with Crippen LogP contribution in [0, 0.1) is 0 Å². The van der Waals surface area contributed by atoms with Crippen LogP contribution < -0.4 is 56.7 Å². The topological polar surface area (TPSA) is 29.1 Å². The summed E-state index contributed by atoms with van der Waals surface area (Å²) in [5, 5.41) is 3.41. The molecule has 0 spiro atoms. The van der Waals surface area contributed by atoms with Crippen molar-refractivity contribution in [1.82, 2.24) is 0 Å². The average Bonchev–Trinajstić information content (AvgIpc) is 2.30. The fourth-order valence-corrected chi connectivity index (χ4v) is 2.00.